The van der Waals surface area contributed by atoms with Crippen molar-refractivity contribution < 1.29 is 5.11 Å². The second kappa shape index (κ2) is 3.11. The van der Waals surface area contributed by atoms with Crippen LogP contribution < -0.4 is 5.73 Å². The van der Waals surface area contributed by atoms with Gasteiger partial charge in [-0.1, -0.05) is 12.8 Å². The Bertz CT molecular complexity index is 128. The van der Waals surface area contributed by atoms with Gasteiger partial charge in [-0.25, -0.2) is 0 Å². The maximum atomic E-state index is 9.73. The summed E-state index contributed by atoms with van der Waals surface area (Å²) in [5.41, 5.74) is 5.32. The molecule has 1 fully saturated rings. The fourth-order valence-corrected chi connectivity index (χ4v) is 2.04. The van der Waals surface area contributed by atoms with Crippen LogP contribution in [0.2, 0.25) is 0 Å². The van der Waals surface area contributed by atoms with Crippen molar-refractivity contribution in [2.45, 2.75) is 51.2 Å². The van der Waals surface area contributed by atoms with E-state index < -0.39 is 5.60 Å². The number of hydrogen-bond donors (Lipinski definition) is 2. The third-order valence-electron chi connectivity index (χ3n) is 2.73. The summed E-state index contributed by atoms with van der Waals surface area (Å²) in [4.78, 5) is 0. The van der Waals surface area contributed by atoms with Crippen LogP contribution >= 0.6 is 0 Å². The average Bonchev–Trinajstić information content (AvgIpc) is 1.86. The number of nitrogens with two attached hydrogens (primary N) is 1. The van der Waals surface area contributed by atoms with E-state index >= 15 is 0 Å². The van der Waals surface area contributed by atoms with Gasteiger partial charge < -0.3 is 10.8 Å². The Morgan fingerprint density at radius 1 is 1.27 bits per heavy atom. The standard InChI is InChI=1S/C9H19NO/c1-9(2,11)7-5-3-4-6-8(7)10/h7-8,11H,3-6,10H2,1-2H3/t7-,8-/m1/s1. The van der Waals surface area contributed by atoms with Gasteiger partial charge in [0, 0.05) is 12.0 Å². The fourth-order valence-electron chi connectivity index (χ4n) is 2.04. The summed E-state index contributed by atoms with van der Waals surface area (Å²) in [5.74, 6) is 0.302. The van der Waals surface area contributed by atoms with Crippen molar-refractivity contribution in [3.05, 3.63) is 0 Å². The zero-order chi connectivity index (χ0) is 8.48. The molecule has 0 saturated heterocycles. The van der Waals surface area contributed by atoms with Crippen molar-refractivity contribution in [3.63, 3.8) is 0 Å². The van der Waals surface area contributed by atoms with E-state index in [2.05, 4.69) is 0 Å². The molecule has 3 N–H and O–H groups in total. The molecule has 11 heavy (non-hydrogen) atoms. The predicted molar refractivity (Wildman–Crippen MR) is 46.2 cm³/mol. The van der Waals surface area contributed by atoms with E-state index in [9.17, 15) is 5.11 Å². The van der Waals surface area contributed by atoms with Crippen molar-refractivity contribution in [1.82, 2.24) is 0 Å². The van der Waals surface area contributed by atoms with Crippen molar-refractivity contribution >= 4 is 0 Å². The Kier molecular flexibility index (Phi) is 2.55. The summed E-state index contributed by atoms with van der Waals surface area (Å²) in [6.07, 6.45) is 4.62. The summed E-state index contributed by atoms with van der Waals surface area (Å²) in [5, 5.41) is 9.73. The van der Waals surface area contributed by atoms with Gasteiger partial charge in [0.25, 0.3) is 0 Å². The molecule has 0 aromatic heterocycles. The van der Waals surface area contributed by atoms with E-state index in [-0.39, 0.29) is 6.04 Å². The molecule has 0 amide bonds. The second-order valence-electron chi connectivity index (χ2n) is 4.21. The van der Waals surface area contributed by atoms with Crippen LogP contribution in [-0.4, -0.2) is 16.7 Å². The number of hydrogen-bond acceptors (Lipinski definition) is 2. The number of aliphatic hydroxyl groups is 1. The normalized spacial score (nSPS) is 33.8. The monoisotopic (exact) mass is 157 g/mol. The third kappa shape index (κ3) is 2.17. The highest BCUT2D eigenvalue weighted by Crippen LogP contribution is 2.31. The molecule has 1 aliphatic rings. The first-order valence-corrected chi connectivity index (χ1v) is 4.50. The molecule has 1 aliphatic carbocycles. The van der Waals surface area contributed by atoms with Gasteiger partial charge in [-0.3, -0.25) is 0 Å². The van der Waals surface area contributed by atoms with Crippen molar-refractivity contribution in [2.75, 3.05) is 0 Å². The Labute approximate surface area is 68.8 Å². The summed E-state index contributed by atoms with van der Waals surface area (Å²) < 4.78 is 0. The molecule has 2 nitrogen and oxygen atoms in total. The maximum absolute atomic E-state index is 9.73. The lowest BCUT2D eigenvalue weighted by atomic mass is 9.76. The maximum Gasteiger partial charge on any atom is 0.0634 e. The fraction of sp³-hybridized carbons (Fsp3) is 1.00. The highest BCUT2D eigenvalue weighted by molar-refractivity contribution is 4.88. The van der Waals surface area contributed by atoms with Crippen molar-refractivity contribution in [1.29, 1.82) is 0 Å². The molecule has 0 unspecified atom stereocenters. The minimum absolute atomic E-state index is 0.212. The molecule has 66 valence electrons. The van der Waals surface area contributed by atoms with Crippen LogP contribution in [0, 0.1) is 5.92 Å². The minimum atomic E-state index is -0.583. The molecule has 0 spiro atoms. The SMILES string of the molecule is CC(C)(O)[C@@H]1CCCC[C@H]1N. The predicted octanol–water partition coefficient (Wildman–Crippen LogP) is 1.27. The lowest BCUT2D eigenvalue weighted by Gasteiger charge is -2.37. The van der Waals surface area contributed by atoms with Gasteiger partial charge >= 0.3 is 0 Å². The highest BCUT2D eigenvalue weighted by Gasteiger charge is 2.33. The molecule has 2 heteroatoms. The Hall–Kier alpha value is -0.0800. The van der Waals surface area contributed by atoms with E-state index in [0.717, 1.165) is 12.8 Å². The van der Waals surface area contributed by atoms with Crippen LogP contribution in [0.25, 0.3) is 0 Å². The van der Waals surface area contributed by atoms with E-state index in [4.69, 9.17) is 5.73 Å². The van der Waals surface area contributed by atoms with Gasteiger partial charge in [-0.05, 0) is 26.7 Å². The summed E-state index contributed by atoms with van der Waals surface area (Å²) in [7, 11) is 0. The van der Waals surface area contributed by atoms with E-state index in [1.165, 1.54) is 12.8 Å². The molecule has 0 aliphatic heterocycles. The second-order valence-corrected chi connectivity index (χ2v) is 4.21. The minimum Gasteiger partial charge on any atom is -0.390 e. The topological polar surface area (TPSA) is 46.2 Å². The molecule has 1 rings (SSSR count). The average molecular weight is 157 g/mol. The molecule has 0 aromatic carbocycles. The van der Waals surface area contributed by atoms with Crippen LogP contribution in [0.3, 0.4) is 0 Å². The first-order valence-electron chi connectivity index (χ1n) is 4.50. The summed E-state index contributed by atoms with van der Waals surface area (Å²) in [6, 6.07) is 0.212. The first-order chi connectivity index (χ1) is 5.02. The highest BCUT2D eigenvalue weighted by atomic mass is 16.3. The molecular weight excluding hydrogens is 138 g/mol. The molecule has 0 heterocycles. The molecular formula is C9H19NO. The van der Waals surface area contributed by atoms with Gasteiger partial charge in [0.05, 0.1) is 5.60 Å². The third-order valence-corrected chi connectivity index (χ3v) is 2.73. The van der Waals surface area contributed by atoms with Gasteiger partial charge in [0.1, 0.15) is 0 Å². The smallest absolute Gasteiger partial charge is 0.0634 e. The van der Waals surface area contributed by atoms with E-state index in [1.807, 2.05) is 13.8 Å². The van der Waals surface area contributed by atoms with Gasteiger partial charge in [-0.15, -0.1) is 0 Å². The Morgan fingerprint density at radius 2 is 1.82 bits per heavy atom. The zero-order valence-corrected chi connectivity index (χ0v) is 7.51. The molecule has 0 bridgehead atoms. The van der Waals surface area contributed by atoms with E-state index in [0.29, 0.717) is 5.92 Å². The quantitative estimate of drug-likeness (QED) is 0.602. The Balaban J connectivity index is 2.55. The van der Waals surface area contributed by atoms with Crippen molar-refractivity contribution in [2.24, 2.45) is 11.7 Å². The van der Waals surface area contributed by atoms with Crippen LogP contribution in [0.1, 0.15) is 39.5 Å². The van der Waals surface area contributed by atoms with Gasteiger partial charge in [-0.2, -0.15) is 0 Å². The van der Waals surface area contributed by atoms with Crippen LogP contribution in [-0.2, 0) is 0 Å². The van der Waals surface area contributed by atoms with Crippen LogP contribution in [0.4, 0.5) is 0 Å². The van der Waals surface area contributed by atoms with Crippen molar-refractivity contribution in [3.8, 4) is 0 Å². The zero-order valence-electron chi connectivity index (χ0n) is 7.51. The summed E-state index contributed by atoms with van der Waals surface area (Å²) in [6.45, 7) is 3.73. The lowest BCUT2D eigenvalue weighted by molar-refractivity contribution is -0.00817. The van der Waals surface area contributed by atoms with Crippen LogP contribution in [0.5, 0.6) is 0 Å². The largest absolute Gasteiger partial charge is 0.390 e. The van der Waals surface area contributed by atoms with Crippen LogP contribution in [0.15, 0.2) is 0 Å². The number of rotatable bonds is 1. The Morgan fingerprint density at radius 3 is 2.18 bits per heavy atom. The molecule has 1 saturated carbocycles. The first kappa shape index (κ1) is 9.01. The van der Waals surface area contributed by atoms with E-state index in [1.54, 1.807) is 0 Å². The van der Waals surface area contributed by atoms with Gasteiger partial charge in [0.2, 0.25) is 0 Å². The molecule has 2 atom stereocenters. The molecule has 0 aromatic rings. The molecule has 0 radical (unpaired) electrons. The summed E-state index contributed by atoms with van der Waals surface area (Å²) >= 11 is 0. The lowest BCUT2D eigenvalue weighted by Crippen LogP contribution is -2.45. The van der Waals surface area contributed by atoms with Gasteiger partial charge in [0.15, 0.2) is 0 Å².